The van der Waals surface area contributed by atoms with Crippen LogP contribution in [0.3, 0.4) is 0 Å². The maximum absolute atomic E-state index is 5.80. The molecular formula is C16H22N2OS. The van der Waals surface area contributed by atoms with Gasteiger partial charge in [0.2, 0.25) is 0 Å². The minimum absolute atomic E-state index is 0.507. The summed E-state index contributed by atoms with van der Waals surface area (Å²) in [5.41, 5.74) is 2.83. The van der Waals surface area contributed by atoms with Gasteiger partial charge in [0, 0.05) is 29.6 Å². The van der Waals surface area contributed by atoms with Gasteiger partial charge in [-0.05, 0) is 50.4 Å². The van der Waals surface area contributed by atoms with E-state index in [-0.39, 0.29) is 0 Å². The Morgan fingerprint density at radius 3 is 3.15 bits per heavy atom. The van der Waals surface area contributed by atoms with Gasteiger partial charge in [-0.25, -0.2) is 0 Å². The summed E-state index contributed by atoms with van der Waals surface area (Å²) in [6.07, 6.45) is 1.18. The van der Waals surface area contributed by atoms with Crippen molar-refractivity contribution in [3.63, 3.8) is 0 Å². The fourth-order valence-corrected chi connectivity index (χ4v) is 3.96. The van der Waals surface area contributed by atoms with E-state index in [1.54, 1.807) is 4.88 Å². The van der Waals surface area contributed by atoms with Gasteiger partial charge in [0.1, 0.15) is 11.5 Å². The third-order valence-electron chi connectivity index (χ3n) is 4.20. The Morgan fingerprint density at radius 2 is 2.35 bits per heavy atom. The summed E-state index contributed by atoms with van der Waals surface area (Å²) in [4.78, 5) is 4.12. The van der Waals surface area contributed by atoms with E-state index >= 15 is 0 Å². The van der Waals surface area contributed by atoms with Crippen LogP contribution in [0.25, 0.3) is 0 Å². The monoisotopic (exact) mass is 290 g/mol. The average molecular weight is 290 g/mol. The van der Waals surface area contributed by atoms with Gasteiger partial charge < -0.3 is 9.73 Å². The number of hydrogen-bond acceptors (Lipinski definition) is 4. The van der Waals surface area contributed by atoms with Crippen LogP contribution in [0.2, 0.25) is 0 Å². The summed E-state index contributed by atoms with van der Waals surface area (Å²) in [5.74, 6) is 2.08. The molecule has 0 saturated carbocycles. The van der Waals surface area contributed by atoms with Crippen molar-refractivity contribution in [3.05, 3.63) is 45.0 Å². The molecule has 1 aliphatic rings. The fraction of sp³-hybridized carbons (Fsp3) is 0.500. The zero-order valence-corrected chi connectivity index (χ0v) is 13.2. The highest BCUT2D eigenvalue weighted by Gasteiger charge is 2.25. The summed E-state index contributed by atoms with van der Waals surface area (Å²) >= 11 is 1.90. The van der Waals surface area contributed by atoms with Crippen LogP contribution in [0.4, 0.5) is 0 Å². The van der Waals surface area contributed by atoms with Crippen molar-refractivity contribution in [1.29, 1.82) is 0 Å². The predicted molar refractivity (Wildman–Crippen MR) is 83.1 cm³/mol. The third kappa shape index (κ3) is 2.55. The number of aryl methyl sites for hydroxylation is 1. The van der Waals surface area contributed by atoms with Gasteiger partial charge in [-0.3, -0.25) is 4.90 Å². The number of furan rings is 1. The number of fused-ring (bicyclic) bond motifs is 1. The van der Waals surface area contributed by atoms with E-state index in [2.05, 4.69) is 41.6 Å². The standard InChI is InChI=1S/C16H22N2OS/c1-11-15-5-7-20-16(15)4-6-18(11)10-13-8-14(9-17-3)19-12(13)2/h5,7-8,11,17H,4,6,9-10H2,1-3H3. The number of thiophene rings is 1. The Bertz CT molecular complexity index is 587. The van der Waals surface area contributed by atoms with Crippen molar-refractivity contribution < 1.29 is 4.42 Å². The van der Waals surface area contributed by atoms with Gasteiger partial charge in [-0.15, -0.1) is 11.3 Å². The summed E-state index contributed by atoms with van der Waals surface area (Å²) in [6, 6.07) is 4.99. The molecule has 2 aromatic rings. The van der Waals surface area contributed by atoms with Gasteiger partial charge in [-0.2, -0.15) is 0 Å². The van der Waals surface area contributed by atoms with E-state index in [0.29, 0.717) is 6.04 Å². The van der Waals surface area contributed by atoms with Crippen LogP contribution in [0.1, 0.15) is 40.5 Å². The predicted octanol–water partition coefficient (Wildman–Crippen LogP) is 3.49. The molecule has 1 N–H and O–H groups in total. The molecule has 0 saturated heterocycles. The van der Waals surface area contributed by atoms with Crippen LogP contribution < -0.4 is 5.32 Å². The van der Waals surface area contributed by atoms with Crippen LogP contribution in [0.5, 0.6) is 0 Å². The molecule has 0 radical (unpaired) electrons. The Balaban J connectivity index is 1.75. The van der Waals surface area contributed by atoms with E-state index in [4.69, 9.17) is 4.42 Å². The largest absolute Gasteiger partial charge is 0.465 e. The topological polar surface area (TPSA) is 28.4 Å². The van der Waals surface area contributed by atoms with E-state index in [1.807, 2.05) is 18.4 Å². The molecular weight excluding hydrogens is 268 g/mol. The normalized spacial score (nSPS) is 19.2. The van der Waals surface area contributed by atoms with Gasteiger partial charge in [0.15, 0.2) is 0 Å². The van der Waals surface area contributed by atoms with E-state index in [9.17, 15) is 0 Å². The quantitative estimate of drug-likeness (QED) is 0.934. The molecule has 3 rings (SSSR count). The summed E-state index contributed by atoms with van der Waals surface area (Å²) in [6.45, 7) is 7.30. The Morgan fingerprint density at radius 1 is 1.50 bits per heavy atom. The third-order valence-corrected chi connectivity index (χ3v) is 5.20. The highest BCUT2D eigenvalue weighted by molar-refractivity contribution is 7.10. The number of nitrogens with one attached hydrogen (secondary N) is 1. The van der Waals surface area contributed by atoms with E-state index < -0.39 is 0 Å². The molecule has 0 spiro atoms. The highest BCUT2D eigenvalue weighted by atomic mass is 32.1. The van der Waals surface area contributed by atoms with Crippen LogP contribution in [-0.4, -0.2) is 18.5 Å². The van der Waals surface area contributed by atoms with Crippen LogP contribution in [0, 0.1) is 6.92 Å². The van der Waals surface area contributed by atoms with Crippen LogP contribution in [-0.2, 0) is 19.5 Å². The molecule has 3 nitrogen and oxygen atoms in total. The SMILES string of the molecule is CNCc1cc(CN2CCc3sccc3C2C)c(C)o1. The van der Waals surface area contributed by atoms with Crippen molar-refractivity contribution in [2.75, 3.05) is 13.6 Å². The van der Waals surface area contributed by atoms with Crippen molar-refractivity contribution in [1.82, 2.24) is 10.2 Å². The summed E-state index contributed by atoms with van der Waals surface area (Å²) in [5, 5.41) is 5.36. The van der Waals surface area contributed by atoms with Crippen molar-refractivity contribution in [3.8, 4) is 0 Å². The molecule has 0 aliphatic carbocycles. The zero-order valence-electron chi connectivity index (χ0n) is 12.4. The van der Waals surface area contributed by atoms with Gasteiger partial charge in [0.05, 0.1) is 6.54 Å². The van der Waals surface area contributed by atoms with Crippen molar-refractivity contribution in [2.24, 2.45) is 0 Å². The molecule has 0 amide bonds. The Labute approximate surface area is 124 Å². The zero-order chi connectivity index (χ0) is 14.1. The summed E-state index contributed by atoms with van der Waals surface area (Å²) < 4.78 is 5.80. The van der Waals surface area contributed by atoms with Crippen LogP contribution in [0.15, 0.2) is 21.9 Å². The lowest BCUT2D eigenvalue weighted by Gasteiger charge is -2.33. The molecule has 20 heavy (non-hydrogen) atoms. The lowest BCUT2D eigenvalue weighted by Crippen LogP contribution is -2.32. The number of rotatable bonds is 4. The fourth-order valence-electron chi connectivity index (χ4n) is 3.00. The molecule has 1 aliphatic heterocycles. The average Bonchev–Trinajstić information content (AvgIpc) is 3.01. The molecule has 1 atom stereocenters. The Hall–Kier alpha value is -1.10. The minimum atomic E-state index is 0.507. The smallest absolute Gasteiger partial charge is 0.118 e. The lowest BCUT2D eigenvalue weighted by molar-refractivity contribution is 0.190. The van der Waals surface area contributed by atoms with Crippen molar-refractivity contribution >= 4 is 11.3 Å². The molecule has 2 aromatic heterocycles. The second-order valence-corrected chi connectivity index (χ2v) is 6.52. The molecule has 3 heterocycles. The van der Waals surface area contributed by atoms with Gasteiger partial charge >= 0.3 is 0 Å². The highest BCUT2D eigenvalue weighted by Crippen LogP contribution is 2.34. The van der Waals surface area contributed by atoms with Crippen molar-refractivity contribution in [2.45, 2.75) is 39.4 Å². The first-order chi connectivity index (χ1) is 9.69. The molecule has 4 heteroatoms. The van der Waals surface area contributed by atoms with E-state index in [0.717, 1.165) is 31.2 Å². The van der Waals surface area contributed by atoms with Gasteiger partial charge in [0.25, 0.3) is 0 Å². The van der Waals surface area contributed by atoms with E-state index in [1.165, 1.54) is 17.5 Å². The Kier molecular flexibility index (Phi) is 3.96. The molecule has 0 bridgehead atoms. The first-order valence-electron chi connectivity index (χ1n) is 7.22. The first-order valence-corrected chi connectivity index (χ1v) is 8.10. The maximum atomic E-state index is 5.80. The van der Waals surface area contributed by atoms with Gasteiger partial charge in [-0.1, -0.05) is 0 Å². The summed E-state index contributed by atoms with van der Waals surface area (Å²) in [7, 11) is 1.95. The van der Waals surface area contributed by atoms with Crippen LogP contribution >= 0.6 is 11.3 Å². The second-order valence-electron chi connectivity index (χ2n) is 5.52. The maximum Gasteiger partial charge on any atom is 0.118 e. The number of nitrogens with zero attached hydrogens (tertiary/aromatic N) is 1. The molecule has 108 valence electrons. The first kappa shape index (κ1) is 13.9. The number of hydrogen-bond donors (Lipinski definition) is 1. The molecule has 0 aromatic carbocycles. The minimum Gasteiger partial charge on any atom is -0.465 e. The lowest BCUT2D eigenvalue weighted by atomic mass is 10.0. The molecule has 1 unspecified atom stereocenters. The second kappa shape index (κ2) is 5.72. The molecule has 0 fully saturated rings.